The van der Waals surface area contributed by atoms with Gasteiger partial charge in [0.05, 0.1) is 6.26 Å². The summed E-state index contributed by atoms with van der Waals surface area (Å²) < 4.78 is 25.6. The first kappa shape index (κ1) is 16.0. The molecule has 0 unspecified atom stereocenters. The van der Waals surface area contributed by atoms with Crippen molar-refractivity contribution in [3.05, 3.63) is 23.4 Å². The van der Waals surface area contributed by atoms with Gasteiger partial charge in [0.25, 0.3) is 0 Å². The minimum absolute atomic E-state index is 1.03. The molecule has 1 fully saturated rings. The lowest BCUT2D eigenvalue weighted by molar-refractivity contribution is 0.369. The Balaban J connectivity index is 2.90. The van der Waals surface area contributed by atoms with E-state index in [0.717, 1.165) is 25.0 Å². The van der Waals surface area contributed by atoms with Gasteiger partial charge < -0.3 is 4.90 Å². The van der Waals surface area contributed by atoms with Crippen molar-refractivity contribution in [2.75, 3.05) is 19.3 Å². The lowest BCUT2D eigenvalue weighted by atomic mass is 10.2. The molecule has 5 heteroatoms. The summed E-state index contributed by atoms with van der Waals surface area (Å²) in [5, 5.41) is 0. The molecule has 0 aromatic rings. The van der Waals surface area contributed by atoms with Crippen LogP contribution < -0.4 is 0 Å². The molecule has 1 aliphatic heterocycles. The lowest BCUT2D eigenvalue weighted by Gasteiger charge is -2.23. The van der Waals surface area contributed by atoms with Crippen LogP contribution in [0.1, 0.15) is 39.5 Å². The maximum absolute atomic E-state index is 11.0. The molecule has 0 aromatic carbocycles. The number of hydrogen-bond donors (Lipinski definition) is 0. The highest BCUT2D eigenvalue weighted by molar-refractivity contribution is 7.89. The Morgan fingerprint density at radius 2 is 1.68 bits per heavy atom. The van der Waals surface area contributed by atoms with Crippen molar-refractivity contribution in [1.82, 2.24) is 4.90 Å². The van der Waals surface area contributed by atoms with Crippen LogP contribution in [0.5, 0.6) is 0 Å². The van der Waals surface area contributed by atoms with E-state index in [-0.39, 0.29) is 0 Å². The summed E-state index contributed by atoms with van der Waals surface area (Å²) in [6, 6.07) is 0. The van der Waals surface area contributed by atoms with Gasteiger partial charge in [-0.2, -0.15) is 4.40 Å². The third-order valence-corrected chi connectivity index (χ3v) is 3.41. The van der Waals surface area contributed by atoms with Crippen molar-refractivity contribution in [3.63, 3.8) is 0 Å². The van der Waals surface area contributed by atoms with Crippen LogP contribution in [0.25, 0.3) is 0 Å². The van der Waals surface area contributed by atoms with Gasteiger partial charge in [-0.05, 0) is 38.8 Å². The molecule has 19 heavy (non-hydrogen) atoms. The minimum atomic E-state index is -3.30. The van der Waals surface area contributed by atoms with E-state index in [2.05, 4.69) is 15.4 Å². The third-order valence-electron chi connectivity index (χ3n) is 2.91. The van der Waals surface area contributed by atoms with Crippen LogP contribution in [-0.2, 0) is 10.0 Å². The monoisotopic (exact) mass is 284 g/mol. The topological polar surface area (TPSA) is 49.7 Å². The zero-order valence-corrected chi connectivity index (χ0v) is 12.9. The van der Waals surface area contributed by atoms with Crippen molar-refractivity contribution in [3.8, 4) is 0 Å². The van der Waals surface area contributed by atoms with Crippen LogP contribution in [0.4, 0.5) is 0 Å². The summed E-state index contributed by atoms with van der Waals surface area (Å²) in [6.07, 6.45) is 11.3. The second kappa shape index (κ2) is 7.48. The van der Waals surface area contributed by atoms with Crippen molar-refractivity contribution in [2.24, 2.45) is 4.40 Å². The molecule has 0 aliphatic carbocycles. The van der Waals surface area contributed by atoms with Crippen LogP contribution >= 0.6 is 0 Å². The average Bonchev–Trinajstić information content (AvgIpc) is 2.53. The SMILES string of the molecule is CC(C)=C/C(=C\C=NS(C)(=O)=O)N1CCCCCC1. The van der Waals surface area contributed by atoms with Gasteiger partial charge in [0.1, 0.15) is 0 Å². The maximum Gasteiger partial charge on any atom is 0.250 e. The Bertz CT molecular complexity index is 464. The zero-order valence-electron chi connectivity index (χ0n) is 12.1. The van der Waals surface area contributed by atoms with Crippen LogP contribution in [-0.4, -0.2) is 38.9 Å². The standard InChI is InChI=1S/C14H24N2O2S/c1-13(2)12-14(8-9-15-19(3,17)18)16-10-6-4-5-7-11-16/h8-9,12H,4-7,10-11H2,1-3H3/b14-8+,15-9?. The van der Waals surface area contributed by atoms with Gasteiger partial charge in [-0.15, -0.1) is 0 Å². The molecular formula is C14H24N2O2S. The Kier molecular flexibility index (Phi) is 6.28. The summed E-state index contributed by atoms with van der Waals surface area (Å²) in [7, 11) is -3.30. The number of hydrogen-bond acceptors (Lipinski definition) is 3. The minimum Gasteiger partial charge on any atom is -0.371 e. The largest absolute Gasteiger partial charge is 0.371 e. The Labute approximate surface area is 117 Å². The molecule has 108 valence electrons. The molecule has 1 saturated heterocycles. The predicted molar refractivity (Wildman–Crippen MR) is 80.9 cm³/mol. The molecular weight excluding hydrogens is 260 g/mol. The van der Waals surface area contributed by atoms with E-state index in [1.54, 1.807) is 6.08 Å². The molecule has 0 atom stereocenters. The highest BCUT2D eigenvalue weighted by atomic mass is 32.2. The number of sulfonamides is 1. The number of nitrogens with zero attached hydrogens (tertiary/aromatic N) is 2. The van der Waals surface area contributed by atoms with Crippen molar-refractivity contribution in [1.29, 1.82) is 0 Å². The third kappa shape index (κ3) is 7.15. The summed E-state index contributed by atoms with van der Waals surface area (Å²) >= 11 is 0. The van der Waals surface area contributed by atoms with Gasteiger partial charge in [-0.3, -0.25) is 0 Å². The molecule has 1 rings (SSSR count). The fourth-order valence-corrected chi connectivity index (χ4v) is 2.37. The van der Waals surface area contributed by atoms with E-state index < -0.39 is 10.0 Å². The van der Waals surface area contributed by atoms with Gasteiger partial charge in [0, 0.05) is 25.0 Å². The smallest absolute Gasteiger partial charge is 0.250 e. The van der Waals surface area contributed by atoms with Gasteiger partial charge in [0.15, 0.2) is 0 Å². The van der Waals surface area contributed by atoms with E-state index in [9.17, 15) is 8.42 Å². The molecule has 4 nitrogen and oxygen atoms in total. The Morgan fingerprint density at radius 1 is 1.11 bits per heavy atom. The van der Waals surface area contributed by atoms with Crippen molar-refractivity contribution in [2.45, 2.75) is 39.5 Å². The van der Waals surface area contributed by atoms with E-state index in [0.29, 0.717) is 0 Å². The van der Waals surface area contributed by atoms with Crippen LogP contribution in [0.2, 0.25) is 0 Å². The van der Waals surface area contributed by atoms with Gasteiger partial charge in [-0.1, -0.05) is 18.4 Å². The van der Waals surface area contributed by atoms with E-state index in [4.69, 9.17) is 0 Å². The second-order valence-electron chi connectivity index (χ2n) is 5.20. The maximum atomic E-state index is 11.0. The predicted octanol–water partition coefficient (Wildman–Crippen LogP) is 2.74. The van der Waals surface area contributed by atoms with E-state index in [1.165, 1.54) is 37.5 Å². The van der Waals surface area contributed by atoms with E-state index >= 15 is 0 Å². The number of likely N-dealkylation sites (tertiary alicyclic amines) is 1. The second-order valence-corrected chi connectivity index (χ2v) is 6.88. The first-order valence-corrected chi connectivity index (χ1v) is 8.59. The molecule has 1 heterocycles. The van der Waals surface area contributed by atoms with Gasteiger partial charge >= 0.3 is 0 Å². The first-order chi connectivity index (χ1) is 8.88. The molecule has 0 N–H and O–H groups in total. The fraction of sp³-hybridized carbons (Fsp3) is 0.643. The zero-order chi connectivity index (χ0) is 14.3. The Morgan fingerprint density at radius 3 is 2.16 bits per heavy atom. The van der Waals surface area contributed by atoms with Crippen LogP contribution in [0.15, 0.2) is 27.8 Å². The molecule has 0 saturated carbocycles. The molecule has 1 aliphatic rings. The van der Waals surface area contributed by atoms with Crippen molar-refractivity contribution >= 4 is 16.2 Å². The average molecular weight is 284 g/mol. The van der Waals surface area contributed by atoms with Gasteiger partial charge in [0.2, 0.25) is 10.0 Å². The highest BCUT2D eigenvalue weighted by Crippen LogP contribution is 2.16. The normalized spacial score (nSPS) is 18.5. The molecule has 0 amide bonds. The van der Waals surface area contributed by atoms with Crippen LogP contribution in [0.3, 0.4) is 0 Å². The first-order valence-electron chi connectivity index (χ1n) is 6.74. The number of allylic oxidation sites excluding steroid dienone is 3. The summed E-state index contributed by atoms with van der Waals surface area (Å²) in [5.41, 5.74) is 2.25. The highest BCUT2D eigenvalue weighted by Gasteiger charge is 2.10. The molecule has 0 aromatic heterocycles. The Hall–Kier alpha value is -1.10. The van der Waals surface area contributed by atoms with Crippen molar-refractivity contribution < 1.29 is 8.42 Å². The molecule has 0 spiro atoms. The molecule has 0 radical (unpaired) electrons. The molecule has 0 bridgehead atoms. The van der Waals surface area contributed by atoms with Crippen LogP contribution in [0, 0.1) is 0 Å². The quantitative estimate of drug-likeness (QED) is 0.589. The fourth-order valence-electron chi connectivity index (χ4n) is 2.09. The number of rotatable bonds is 4. The summed E-state index contributed by atoms with van der Waals surface area (Å²) in [4.78, 5) is 2.31. The summed E-state index contributed by atoms with van der Waals surface area (Å²) in [6.45, 7) is 6.14. The van der Waals surface area contributed by atoms with E-state index in [1.807, 2.05) is 13.8 Å². The summed E-state index contributed by atoms with van der Waals surface area (Å²) in [5.74, 6) is 0. The van der Waals surface area contributed by atoms with Gasteiger partial charge in [-0.25, -0.2) is 8.42 Å². The lowest BCUT2D eigenvalue weighted by Crippen LogP contribution is -2.23.